The number of hydrogen-bond acceptors (Lipinski definition) is 5. The molecule has 5 nitrogen and oxygen atoms in total. The van der Waals surface area contributed by atoms with Crippen molar-refractivity contribution in [2.24, 2.45) is 16.3 Å². The summed E-state index contributed by atoms with van der Waals surface area (Å²) in [6.07, 6.45) is 3.04. The van der Waals surface area contributed by atoms with Crippen LogP contribution in [0.1, 0.15) is 57.9 Å². The molecule has 0 amide bonds. The number of halogens is 1. The fourth-order valence-electron chi connectivity index (χ4n) is 4.85. The SMILES string of the molecule is CC1=NC2=C(C(=O)CC(C)(C)C2)[C@@H](c2ccccc2Br)C1C(=O)OC[C@H]1CCCO1. The summed E-state index contributed by atoms with van der Waals surface area (Å²) >= 11 is 3.63. The van der Waals surface area contributed by atoms with E-state index in [0.717, 1.165) is 35.0 Å². The number of nitrogens with zero attached hydrogens (tertiary/aromatic N) is 1. The lowest BCUT2D eigenvalue weighted by Crippen LogP contribution is -2.40. The Morgan fingerprint density at radius 2 is 2.07 bits per heavy atom. The third kappa shape index (κ3) is 4.17. The molecule has 4 rings (SSSR count). The van der Waals surface area contributed by atoms with E-state index in [4.69, 9.17) is 14.5 Å². The molecule has 0 spiro atoms. The molecule has 1 fully saturated rings. The van der Waals surface area contributed by atoms with Gasteiger partial charge in [0.2, 0.25) is 0 Å². The summed E-state index contributed by atoms with van der Waals surface area (Å²) in [5.74, 6) is -1.27. The molecular weight excluding hydrogens is 446 g/mol. The minimum atomic E-state index is -0.617. The standard InChI is InChI=1S/C24H28BrNO4/c1-14-20(23(28)30-13-15-7-6-10-29-15)21(16-8-4-5-9-17(16)25)22-18(26-14)11-24(2,3)12-19(22)27/h4-5,8-9,15,20-21H,6-7,10-13H2,1-3H3/t15-,20?,21+/m1/s1. The van der Waals surface area contributed by atoms with E-state index >= 15 is 0 Å². The molecular formula is C24H28BrNO4. The molecule has 1 saturated heterocycles. The molecule has 1 unspecified atom stereocenters. The Morgan fingerprint density at radius 3 is 2.77 bits per heavy atom. The maximum absolute atomic E-state index is 13.3. The molecule has 2 heterocycles. The molecule has 0 bridgehead atoms. The Kier molecular flexibility index (Phi) is 5.99. The maximum atomic E-state index is 13.3. The molecule has 160 valence electrons. The highest BCUT2D eigenvalue weighted by molar-refractivity contribution is 9.10. The Hall–Kier alpha value is -1.79. The molecule has 2 aliphatic heterocycles. The molecule has 0 saturated carbocycles. The monoisotopic (exact) mass is 473 g/mol. The predicted molar refractivity (Wildman–Crippen MR) is 118 cm³/mol. The average molecular weight is 474 g/mol. The molecule has 3 aliphatic rings. The largest absolute Gasteiger partial charge is 0.462 e. The first-order valence-electron chi connectivity index (χ1n) is 10.6. The van der Waals surface area contributed by atoms with Crippen molar-refractivity contribution < 1.29 is 19.1 Å². The van der Waals surface area contributed by atoms with Crippen LogP contribution in [0.3, 0.4) is 0 Å². The molecule has 1 aliphatic carbocycles. The summed E-state index contributed by atoms with van der Waals surface area (Å²) in [5, 5.41) is 0. The maximum Gasteiger partial charge on any atom is 0.315 e. The van der Waals surface area contributed by atoms with E-state index in [1.54, 1.807) is 0 Å². The highest BCUT2D eigenvalue weighted by Gasteiger charge is 2.46. The van der Waals surface area contributed by atoms with Crippen LogP contribution in [0.5, 0.6) is 0 Å². The van der Waals surface area contributed by atoms with E-state index in [2.05, 4.69) is 29.8 Å². The van der Waals surface area contributed by atoms with Crippen LogP contribution in [0.4, 0.5) is 0 Å². The van der Waals surface area contributed by atoms with Crippen molar-refractivity contribution in [1.82, 2.24) is 0 Å². The van der Waals surface area contributed by atoms with E-state index in [1.807, 2.05) is 31.2 Å². The van der Waals surface area contributed by atoms with Crippen molar-refractivity contribution in [3.8, 4) is 0 Å². The van der Waals surface area contributed by atoms with Gasteiger partial charge in [-0.15, -0.1) is 0 Å². The lowest BCUT2D eigenvalue weighted by atomic mass is 9.67. The number of carbonyl (C=O) groups excluding carboxylic acids is 2. The molecule has 6 heteroatoms. The Labute approximate surface area is 186 Å². The van der Waals surface area contributed by atoms with Gasteiger partial charge < -0.3 is 9.47 Å². The first kappa shape index (κ1) is 21.4. The Morgan fingerprint density at radius 1 is 1.30 bits per heavy atom. The number of rotatable bonds is 4. The van der Waals surface area contributed by atoms with Crippen LogP contribution in [-0.4, -0.2) is 36.8 Å². The van der Waals surface area contributed by atoms with E-state index in [1.165, 1.54) is 0 Å². The predicted octanol–water partition coefficient (Wildman–Crippen LogP) is 4.99. The number of esters is 1. The summed E-state index contributed by atoms with van der Waals surface area (Å²) in [5.41, 5.74) is 2.98. The molecule has 3 atom stereocenters. The highest BCUT2D eigenvalue weighted by atomic mass is 79.9. The van der Waals surface area contributed by atoms with Gasteiger partial charge in [-0.1, -0.05) is 48.0 Å². The van der Waals surface area contributed by atoms with Crippen LogP contribution in [0, 0.1) is 11.3 Å². The van der Waals surface area contributed by atoms with Crippen LogP contribution >= 0.6 is 15.9 Å². The number of aliphatic imine (C=N–C) groups is 1. The number of carbonyl (C=O) groups is 2. The van der Waals surface area contributed by atoms with Gasteiger partial charge in [-0.3, -0.25) is 14.6 Å². The molecule has 0 radical (unpaired) electrons. The second kappa shape index (κ2) is 8.39. The fraction of sp³-hybridized carbons (Fsp3) is 0.542. The molecule has 0 N–H and O–H groups in total. The van der Waals surface area contributed by atoms with Gasteiger partial charge >= 0.3 is 5.97 Å². The molecule has 0 aromatic heterocycles. The van der Waals surface area contributed by atoms with Gasteiger partial charge in [0.25, 0.3) is 0 Å². The van der Waals surface area contributed by atoms with Crippen LogP contribution in [0.15, 0.2) is 45.0 Å². The zero-order valence-electron chi connectivity index (χ0n) is 17.7. The van der Waals surface area contributed by atoms with E-state index in [-0.39, 0.29) is 29.9 Å². The van der Waals surface area contributed by atoms with Gasteiger partial charge in [-0.25, -0.2) is 0 Å². The summed E-state index contributed by atoms with van der Waals surface area (Å²) in [7, 11) is 0. The lowest BCUT2D eigenvalue weighted by Gasteiger charge is -2.39. The average Bonchev–Trinajstić information content (AvgIpc) is 3.18. The van der Waals surface area contributed by atoms with Gasteiger partial charge in [0.05, 0.1) is 6.10 Å². The lowest BCUT2D eigenvalue weighted by molar-refractivity contribution is -0.149. The summed E-state index contributed by atoms with van der Waals surface area (Å²) in [6, 6.07) is 7.80. The number of ketones is 1. The molecule has 30 heavy (non-hydrogen) atoms. The second-order valence-corrected chi connectivity index (χ2v) is 10.2. The Bertz CT molecular complexity index is 927. The number of benzene rings is 1. The van der Waals surface area contributed by atoms with Crippen molar-refractivity contribution in [2.45, 2.75) is 58.5 Å². The minimum absolute atomic E-state index is 0.0383. The van der Waals surface area contributed by atoms with E-state index < -0.39 is 11.8 Å². The van der Waals surface area contributed by atoms with Gasteiger partial charge in [0.15, 0.2) is 5.78 Å². The quantitative estimate of drug-likeness (QED) is 0.577. The van der Waals surface area contributed by atoms with Gasteiger partial charge in [0.1, 0.15) is 12.5 Å². The smallest absolute Gasteiger partial charge is 0.315 e. The highest BCUT2D eigenvalue weighted by Crippen LogP contribution is 2.49. The van der Waals surface area contributed by atoms with Crippen molar-refractivity contribution in [2.75, 3.05) is 13.2 Å². The third-order valence-electron chi connectivity index (χ3n) is 6.23. The minimum Gasteiger partial charge on any atom is -0.462 e. The zero-order valence-corrected chi connectivity index (χ0v) is 19.3. The first-order chi connectivity index (χ1) is 14.3. The molecule has 1 aromatic carbocycles. The van der Waals surface area contributed by atoms with Crippen molar-refractivity contribution in [3.05, 3.63) is 45.6 Å². The number of ether oxygens (including phenoxy) is 2. The van der Waals surface area contributed by atoms with Gasteiger partial charge in [-0.05, 0) is 43.2 Å². The van der Waals surface area contributed by atoms with Crippen LogP contribution < -0.4 is 0 Å². The van der Waals surface area contributed by atoms with Crippen LogP contribution in [-0.2, 0) is 19.1 Å². The van der Waals surface area contributed by atoms with Crippen molar-refractivity contribution >= 4 is 33.4 Å². The first-order valence-corrected chi connectivity index (χ1v) is 11.4. The van der Waals surface area contributed by atoms with Gasteiger partial charge in [0, 0.05) is 40.4 Å². The Balaban J connectivity index is 1.73. The number of hydrogen-bond donors (Lipinski definition) is 0. The normalized spacial score (nSPS) is 28.2. The molecule has 1 aromatic rings. The van der Waals surface area contributed by atoms with E-state index in [0.29, 0.717) is 24.3 Å². The number of Topliss-reactive ketones (excluding diaryl/α,β-unsaturated/α-hetero) is 1. The van der Waals surface area contributed by atoms with Crippen molar-refractivity contribution in [1.29, 1.82) is 0 Å². The summed E-state index contributed by atoms with van der Waals surface area (Å²) in [4.78, 5) is 31.3. The van der Waals surface area contributed by atoms with E-state index in [9.17, 15) is 9.59 Å². The van der Waals surface area contributed by atoms with Crippen LogP contribution in [0.2, 0.25) is 0 Å². The van der Waals surface area contributed by atoms with Crippen LogP contribution in [0.25, 0.3) is 0 Å². The number of allylic oxidation sites excluding steroid dienone is 2. The third-order valence-corrected chi connectivity index (χ3v) is 6.95. The zero-order chi connectivity index (χ0) is 21.5. The summed E-state index contributed by atoms with van der Waals surface area (Å²) in [6.45, 7) is 7.02. The second-order valence-electron chi connectivity index (χ2n) is 9.30. The summed E-state index contributed by atoms with van der Waals surface area (Å²) < 4.78 is 12.2. The van der Waals surface area contributed by atoms with Crippen molar-refractivity contribution in [3.63, 3.8) is 0 Å². The fourth-order valence-corrected chi connectivity index (χ4v) is 5.39. The van der Waals surface area contributed by atoms with Gasteiger partial charge in [-0.2, -0.15) is 0 Å². The topological polar surface area (TPSA) is 65.0 Å².